The number of piperazine rings is 1. The van der Waals surface area contributed by atoms with Crippen LogP contribution in [0.2, 0.25) is 0 Å². The molecule has 0 spiro atoms. The molecule has 1 fully saturated rings. The standard InChI is InChI=1S/C28H28N4OS.2ClH/c33-27(24-14-8-3-9-15-24)30-28-29-25(21-34-28)20-31-16-18-32(19-17-31)26(22-10-4-1-5-11-22)23-12-6-2-7-13-23;;/h1-15,21,26H,16-20H2,(H,29,30,33);2*1H. The Kier molecular flexibility index (Phi) is 10.5. The second-order valence-electron chi connectivity index (χ2n) is 8.50. The molecule has 4 aromatic rings. The number of anilines is 1. The van der Waals surface area contributed by atoms with Crippen LogP contribution in [0.15, 0.2) is 96.4 Å². The molecular formula is C28H30Cl2N4OS. The molecule has 0 atom stereocenters. The van der Waals surface area contributed by atoms with Crippen molar-refractivity contribution in [3.05, 3.63) is 119 Å². The van der Waals surface area contributed by atoms with E-state index in [2.05, 4.69) is 80.8 Å². The van der Waals surface area contributed by atoms with Gasteiger partial charge in [0.25, 0.3) is 5.91 Å². The summed E-state index contributed by atoms with van der Waals surface area (Å²) in [4.78, 5) is 22.1. The number of nitrogens with zero attached hydrogens (tertiary/aromatic N) is 3. The number of halogens is 2. The van der Waals surface area contributed by atoms with Gasteiger partial charge in [0.15, 0.2) is 5.13 Å². The number of rotatable bonds is 7. The number of hydrogen-bond donors (Lipinski definition) is 1. The van der Waals surface area contributed by atoms with Crippen LogP contribution in [0.25, 0.3) is 0 Å². The third-order valence-electron chi connectivity index (χ3n) is 6.20. The van der Waals surface area contributed by atoms with Crippen molar-refractivity contribution in [2.75, 3.05) is 31.5 Å². The van der Waals surface area contributed by atoms with Gasteiger partial charge in [-0.15, -0.1) is 36.2 Å². The van der Waals surface area contributed by atoms with E-state index in [1.165, 1.54) is 22.5 Å². The van der Waals surface area contributed by atoms with Crippen LogP contribution in [0.4, 0.5) is 5.13 Å². The molecule has 1 aliphatic heterocycles. The first kappa shape index (κ1) is 27.8. The Labute approximate surface area is 229 Å². The molecule has 1 aromatic heterocycles. The highest BCUT2D eigenvalue weighted by atomic mass is 35.5. The lowest BCUT2D eigenvalue weighted by Crippen LogP contribution is -2.47. The van der Waals surface area contributed by atoms with Crippen LogP contribution in [-0.4, -0.2) is 46.9 Å². The predicted octanol–water partition coefficient (Wildman–Crippen LogP) is 6.15. The van der Waals surface area contributed by atoms with Crippen LogP contribution >= 0.6 is 36.2 Å². The van der Waals surface area contributed by atoms with Crippen molar-refractivity contribution in [2.45, 2.75) is 12.6 Å². The lowest BCUT2D eigenvalue weighted by atomic mass is 9.96. The summed E-state index contributed by atoms with van der Waals surface area (Å²) in [6.07, 6.45) is 0. The number of nitrogens with one attached hydrogen (secondary N) is 1. The van der Waals surface area contributed by atoms with E-state index in [-0.39, 0.29) is 36.8 Å². The minimum atomic E-state index is -0.122. The van der Waals surface area contributed by atoms with Crippen molar-refractivity contribution in [3.8, 4) is 0 Å². The van der Waals surface area contributed by atoms with E-state index in [1.807, 2.05) is 35.7 Å². The van der Waals surface area contributed by atoms with Crippen molar-refractivity contribution in [1.82, 2.24) is 14.8 Å². The average Bonchev–Trinajstić information content (AvgIpc) is 3.33. The van der Waals surface area contributed by atoms with E-state index in [0.717, 1.165) is 38.4 Å². The van der Waals surface area contributed by atoms with Gasteiger partial charge in [-0.25, -0.2) is 4.98 Å². The summed E-state index contributed by atoms with van der Waals surface area (Å²) < 4.78 is 0. The van der Waals surface area contributed by atoms with Gasteiger partial charge in [0.05, 0.1) is 11.7 Å². The largest absolute Gasteiger partial charge is 0.298 e. The first-order valence-electron chi connectivity index (χ1n) is 11.6. The maximum Gasteiger partial charge on any atom is 0.257 e. The molecule has 1 aliphatic rings. The summed E-state index contributed by atoms with van der Waals surface area (Å²) in [6.45, 7) is 4.76. The molecule has 0 saturated carbocycles. The van der Waals surface area contributed by atoms with Crippen LogP contribution in [-0.2, 0) is 6.54 Å². The van der Waals surface area contributed by atoms with Gasteiger partial charge in [0.2, 0.25) is 0 Å². The fourth-order valence-corrected chi connectivity index (χ4v) is 5.19. The van der Waals surface area contributed by atoms with Gasteiger partial charge in [-0.1, -0.05) is 78.9 Å². The molecule has 0 aliphatic carbocycles. The molecule has 0 bridgehead atoms. The Morgan fingerprint density at radius 3 is 1.89 bits per heavy atom. The Morgan fingerprint density at radius 2 is 1.33 bits per heavy atom. The van der Waals surface area contributed by atoms with Gasteiger partial charge in [-0.05, 0) is 23.3 Å². The fraction of sp³-hybridized carbons (Fsp3) is 0.214. The Bertz CT molecular complexity index is 1160. The second kappa shape index (κ2) is 13.5. The quantitative estimate of drug-likeness (QED) is 0.305. The molecule has 2 heterocycles. The molecular weight excluding hydrogens is 511 g/mol. The third kappa shape index (κ3) is 6.93. The van der Waals surface area contributed by atoms with Gasteiger partial charge >= 0.3 is 0 Å². The van der Waals surface area contributed by atoms with E-state index < -0.39 is 0 Å². The molecule has 36 heavy (non-hydrogen) atoms. The maximum atomic E-state index is 12.4. The lowest BCUT2D eigenvalue weighted by molar-refractivity contribution is 0.102. The molecule has 1 amide bonds. The molecule has 3 aromatic carbocycles. The third-order valence-corrected chi connectivity index (χ3v) is 7.00. The zero-order valence-corrected chi connectivity index (χ0v) is 22.3. The Hall–Kier alpha value is -2.74. The number of amides is 1. The van der Waals surface area contributed by atoms with E-state index in [4.69, 9.17) is 0 Å². The van der Waals surface area contributed by atoms with Crippen molar-refractivity contribution >= 4 is 47.2 Å². The van der Waals surface area contributed by atoms with Crippen LogP contribution in [0.5, 0.6) is 0 Å². The summed E-state index contributed by atoms with van der Waals surface area (Å²) in [6, 6.07) is 31.1. The Morgan fingerprint density at radius 1 is 0.806 bits per heavy atom. The molecule has 188 valence electrons. The van der Waals surface area contributed by atoms with Gasteiger partial charge in [-0.3, -0.25) is 19.9 Å². The van der Waals surface area contributed by atoms with Crippen LogP contribution < -0.4 is 5.32 Å². The predicted molar refractivity (Wildman–Crippen MR) is 153 cm³/mol. The SMILES string of the molecule is Cl.Cl.O=C(Nc1nc(CN2CCN(C(c3ccccc3)c3ccccc3)CC2)cs1)c1ccccc1. The molecule has 0 radical (unpaired) electrons. The summed E-state index contributed by atoms with van der Waals surface area (Å²) in [7, 11) is 0. The lowest BCUT2D eigenvalue weighted by Gasteiger charge is -2.39. The number of carbonyl (C=O) groups is 1. The van der Waals surface area contributed by atoms with Crippen LogP contribution in [0.3, 0.4) is 0 Å². The first-order valence-corrected chi connectivity index (χ1v) is 12.5. The zero-order valence-electron chi connectivity index (χ0n) is 19.8. The van der Waals surface area contributed by atoms with Gasteiger partial charge in [0, 0.05) is 43.7 Å². The van der Waals surface area contributed by atoms with E-state index in [1.54, 1.807) is 0 Å². The summed E-state index contributed by atoms with van der Waals surface area (Å²) in [5.74, 6) is -0.122. The smallest absolute Gasteiger partial charge is 0.257 e. The molecule has 1 saturated heterocycles. The number of carbonyl (C=O) groups excluding carboxylic acids is 1. The van der Waals surface area contributed by atoms with Crippen molar-refractivity contribution in [3.63, 3.8) is 0 Å². The molecule has 5 nitrogen and oxygen atoms in total. The van der Waals surface area contributed by atoms with Crippen molar-refractivity contribution in [1.29, 1.82) is 0 Å². The van der Waals surface area contributed by atoms with E-state index in [0.29, 0.717) is 10.7 Å². The Balaban J connectivity index is 0.00000180. The monoisotopic (exact) mass is 540 g/mol. The van der Waals surface area contributed by atoms with Crippen LogP contribution in [0.1, 0.15) is 33.2 Å². The fourth-order valence-electron chi connectivity index (χ4n) is 4.49. The minimum Gasteiger partial charge on any atom is -0.298 e. The topological polar surface area (TPSA) is 48.5 Å². The molecule has 1 N–H and O–H groups in total. The highest BCUT2D eigenvalue weighted by Gasteiger charge is 2.26. The summed E-state index contributed by atoms with van der Waals surface area (Å²) >= 11 is 1.48. The van der Waals surface area contributed by atoms with Gasteiger partial charge < -0.3 is 0 Å². The highest BCUT2D eigenvalue weighted by Crippen LogP contribution is 2.29. The summed E-state index contributed by atoms with van der Waals surface area (Å²) in [5.41, 5.74) is 4.31. The average molecular weight is 542 g/mol. The minimum absolute atomic E-state index is 0. The maximum absolute atomic E-state index is 12.4. The van der Waals surface area contributed by atoms with Gasteiger partial charge in [-0.2, -0.15) is 0 Å². The number of benzene rings is 3. The van der Waals surface area contributed by atoms with Crippen LogP contribution in [0, 0.1) is 0 Å². The number of thiazole rings is 1. The van der Waals surface area contributed by atoms with Crippen molar-refractivity contribution < 1.29 is 4.79 Å². The van der Waals surface area contributed by atoms with E-state index in [9.17, 15) is 4.79 Å². The van der Waals surface area contributed by atoms with E-state index >= 15 is 0 Å². The highest BCUT2D eigenvalue weighted by molar-refractivity contribution is 7.14. The molecule has 0 unspecified atom stereocenters. The summed E-state index contributed by atoms with van der Waals surface area (Å²) in [5, 5.41) is 5.61. The van der Waals surface area contributed by atoms with Crippen molar-refractivity contribution in [2.24, 2.45) is 0 Å². The molecule has 8 heteroatoms. The molecule has 5 rings (SSSR count). The number of aromatic nitrogens is 1. The first-order chi connectivity index (χ1) is 16.8. The zero-order chi connectivity index (χ0) is 23.2. The number of hydrogen-bond acceptors (Lipinski definition) is 5. The second-order valence-corrected chi connectivity index (χ2v) is 9.36. The van der Waals surface area contributed by atoms with Gasteiger partial charge in [0.1, 0.15) is 0 Å². The normalized spacial score (nSPS) is 14.0.